The van der Waals surface area contributed by atoms with Crippen LogP contribution in [0.3, 0.4) is 0 Å². The van der Waals surface area contributed by atoms with Gasteiger partial charge in [-0.05, 0) is 18.3 Å². The number of halogens is 1. The number of anilines is 1. The monoisotopic (exact) mass is 282 g/mol. The third-order valence-electron chi connectivity index (χ3n) is 2.25. The summed E-state index contributed by atoms with van der Waals surface area (Å²) in [6.07, 6.45) is 3.65. The molecule has 0 aliphatic heterocycles. The number of aromatic nitrogens is 2. The minimum atomic E-state index is -0.485. The van der Waals surface area contributed by atoms with E-state index in [0.29, 0.717) is 16.5 Å². The Bertz CT molecular complexity index is 492. The molecular formula is C13H19ClN4O. The van der Waals surface area contributed by atoms with Gasteiger partial charge >= 0.3 is 0 Å². The van der Waals surface area contributed by atoms with Crippen molar-refractivity contribution < 1.29 is 4.79 Å². The number of hydrogen-bond donors (Lipinski definition) is 1. The van der Waals surface area contributed by atoms with Crippen LogP contribution in [0.4, 0.5) is 5.82 Å². The molecule has 0 bridgehead atoms. The summed E-state index contributed by atoms with van der Waals surface area (Å²) in [5.41, 5.74) is 0.218. The lowest BCUT2D eigenvalue weighted by atomic mass is 9.96. The summed E-state index contributed by atoms with van der Waals surface area (Å²) in [6, 6.07) is 1.69. The lowest BCUT2D eigenvalue weighted by Crippen LogP contribution is -2.28. The van der Waals surface area contributed by atoms with Gasteiger partial charge < -0.3 is 10.2 Å². The maximum Gasteiger partial charge on any atom is 0.230 e. The molecule has 1 aromatic rings. The minimum absolute atomic E-state index is 0.119. The molecule has 1 rings (SSSR count). The number of rotatable bonds is 3. The van der Waals surface area contributed by atoms with Crippen LogP contribution in [0, 0.1) is 5.41 Å². The van der Waals surface area contributed by atoms with Gasteiger partial charge in [-0.2, -0.15) is 0 Å². The highest BCUT2D eigenvalue weighted by molar-refractivity contribution is 6.30. The maximum atomic E-state index is 11.9. The molecule has 0 radical (unpaired) electrons. The first kappa shape index (κ1) is 15.4. The molecule has 0 atom stereocenters. The summed E-state index contributed by atoms with van der Waals surface area (Å²) >= 11 is 5.95. The number of carbonyl (C=O) groups excluding carboxylic acids is 1. The first-order chi connectivity index (χ1) is 8.70. The zero-order chi connectivity index (χ0) is 14.6. The Morgan fingerprint density at radius 2 is 2.00 bits per heavy atom. The smallest absolute Gasteiger partial charge is 0.230 e. The molecule has 0 fully saturated rings. The molecule has 0 saturated carbocycles. The van der Waals surface area contributed by atoms with Gasteiger partial charge in [-0.1, -0.05) is 32.4 Å². The Balaban J connectivity index is 2.94. The second-order valence-electron chi connectivity index (χ2n) is 5.46. The molecule has 1 N–H and O–H groups in total. The predicted molar refractivity (Wildman–Crippen MR) is 77.8 cm³/mol. The summed E-state index contributed by atoms with van der Waals surface area (Å²) in [6.45, 7) is 5.50. The highest BCUT2D eigenvalue weighted by Crippen LogP contribution is 2.20. The first-order valence-electron chi connectivity index (χ1n) is 5.89. The van der Waals surface area contributed by atoms with Crippen LogP contribution in [0.5, 0.6) is 0 Å². The van der Waals surface area contributed by atoms with Gasteiger partial charge in [0.2, 0.25) is 5.91 Å². The van der Waals surface area contributed by atoms with Crippen molar-refractivity contribution in [2.45, 2.75) is 20.8 Å². The van der Waals surface area contributed by atoms with Gasteiger partial charge in [0.15, 0.2) is 11.0 Å². The Morgan fingerprint density at radius 1 is 1.37 bits per heavy atom. The molecule has 104 valence electrons. The summed E-state index contributed by atoms with van der Waals surface area (Å²) in [4.78, 5) is 13.7. The van der Waals surface area contributed by atoms with Crippen LogP contribution in [0.25, 0.3) is 6.08 Å². The zero-order valence-corrected chi connectivity index (χ0v) is 12.6. The lowest BCUT2D eigenvalue weighted by molar-refractivity contribution is -0.123. The fourth-order valence-electron chi connectivity index (χ4n) is 1.10. The van der Waals surface area contributed by atoms with Crippen molar-refractivity contribution in [2.24, 2.45) is 5.41 Å². The van der Waals surface area contributed by atoms with Gasteiger partial charge in [0.1, 0.15) is 0 Å². The minimum Gasteiger partial charge on any atom is -0.383 e. The average molecular weight is 283 g/mol. The molecule has 0 aliphatic rings. The summed E-state index contributed by atoms with van der Waals surface area (Å²) < 4.78 is 0. The van der Waals surface area contributed by atoms with Gasteiger partial charge in [-0.15, -0.1) is 10.2 Å². The second-order valence-corrected chi connectivity index (χ2v) is 5.82. The van der Waals surface area contributed by atoms with Gasteiger partial charge in [0, 0.05) is 25.1 Å². The Morgan fingerprint density at radius 3 is 2.53 bits per heavy atom. The van der Waals surface area contributed by atoms with E-state index in [9.17, 15) is 4.79 Å². The number of carbonyl (C=O) groups is 1. The quantitative estimate of drug-likeness (QED) is 0.926. The second kappa shape index (κ2) is 6.02. The molecule has 6 heteroatoms. The number of hydrogen-bond acceptors (Lipinski definition) is 4. The van der Waals surface area contributed by atoms with E-state index in [1.165, 1.54) is 0 Å². The van der Waals surface area contributed by atoms with Crippen LogP contribution < -0.4 is 5.32 Å². The molecule has 0 spiro atoms. The molecular weight excluding hydrogens is 264 g/mol. The Hall–Kier alpha value is -1.62. The first-order valence-corrected chi connectivity index (χ1v) is 6.27. The van der Waals surface area contributed by atoms with Crippen molar-refractivity contribution in [3.63, 3.8) is 0 Å². The van der Waals surface area contributed by atoms with E-state index in [0.717, 1.165) is 0 Å². The summed E-state index contributed by atoms with van der Waals surface area (Å²) in [5, 5.41) is 10.7. The largest absolute Gasteiger partial charge is 0.383 e. The zero-order valence-electron chi connectivity index (χ0n) is 11.9. The van der Waals surface area contributed by atoms with Crippen molar-refractivity contribution >= 4 is 29.4 Å². The molecule has 0 unspecified atom stereocenters. The fraction of sp³-hybridized carbons (Fsp3) is 0.462. The van der Waals surface area contributed by atoms with Gasteiger partial charge in [-0.25, -0.2) is 0 Å². The molecule has 19 heavy (non-hydrogen) atoms. The summed E-state index contributed by atoms with van der Waals surface area (Å²) in [5.74, 6) is 0.273. The maximum absolute atomic E-state index is 11.9. The van der Waals surface area contributed by atoms with E-state index in [2.05, 4.69) is 15.5 Å². The number of amides is 1. The third kappa shape index (κ3) is 4.87. The molecule has 5 nitrogen and oxygen atoms in total. The van der Waals surface area contributed by atoms with Crippen LogP contribution in [0.2, 0.25) is 5.15 Å². The van der Waals surface area contributed by atoms with E-state index in [4.69, 9.17) is 11.6 Å². The van der Waals surface area contributed by atoms with Gasteiger partial charge in [-0.3, -0.25) is 4.79 Å². The van der Waals surface area contributed by atoms with E-state index in [1.54, 1.807) is 6.07 Å². The number of nitrogens with one attached hydrogen (secondary N) is 1. The standard InChI is InChI=1S/C13H19ClN4O/c1-13(2,3)12(19)15-10-8-9(6-7-18(4)5)11(14)17-16-10/h6-8H,1-5H3,(H,15,16,19). The molecule has 1 amide bonds. The van der Waals surface area contributed by atoms with Crippen LogP contribution in [-0.2, 0) is 4.79 Å². The number of nitrogens with zero attached hydrogens (tertiary/aromatic N) is 3. The molecule has 0 aromatic carbocycles. The van der Waals surface area contributed by atoms with Crippen molar-refractivity contribution in [3.05, 3.63) is 23.0 Å². The van der Waals surface area contributed by atoms with E-state index < -0.39 is 5.41 Å². The fourth-order valence-corrected chi connectivity index (χ4v) is 1.26. The third-order valence-corrected chi connectivity index (χ3v) is 2.54. The topological polar surface area (TPSA) is 58.1 Å². The van der Waals surface area contributed by atoms with Gasteiger partial charge in [0.25, 0.3) is 0 Å². The highest BCUT2D eigenvalue weighted by atomic mass is 35.5. The molecule has 0 aliphatic carbocycles. The predicted octanol–water partition coefficient (Wildman–Crippen LogP) is 2.65. The lowest BCUT2D eigenvalue weighted by Gasteiger charge is -2.17. The SMILES string of the molecule is CN(C)C=Cc1cc(NC(=O)C(C)(C)C)nnc1Cl. The van der Waals surface area contributed by atoms with Crippen LogP contribution in [0.1, 0.15) is 26.3 Å². The van der Waals surface area contributed by atoms with Crippen molar-refractivity contribution in [3.8, 4) is 0 Å². The normalized spacial score (nSPS) is 11.7. The van der Waals surface area contributed by atoms with Crippen molar-refractivity contribution in [1.29, 1.82) is 0 Å². The van der Waals surface area contributed by atoms with E-state index in [1.807, 2.05) is 52.0 Å². The Kier molecular flexibility index (Phi) is 4.89. The van der Waals surface area contributed by atoms with Crippen LogP contribution >= 0.6 is 11.6 Å². The highest BCUT2D eigenvalue weighted by Gasteiger charge is 2.21. The van der Waals surface area contributed by atoms with Crippen LogP contribution in [-0.4, -0.2) is 35.1 Å². The van der Waals surface area contributed by atoms with Gasteiger partial charge in [0.05, 0.1) is 0 Å². The van der Waals surface area contributed by atoms with E-state index in [-0.39, 0.29) is 5.91 Å². The molecule has 0 saturated heterocycles. The van der Waals surface area contributed by atoms with Crippen molar-refractivity contribution in [1.82, 2.24) is 15.1 Å². The van der Waals surface area contributed by atoms with E-state index >= 15 is 0 Å². The van der Waals surface area contributed by atoms with Crippen LogP contribution in [0.15, 0.2) is 12.3 Å². The molecule has 1 aromatic heterocycles. The molecule has 1 heterocycles. The van der Waals surface area contributed by atoms with Crippen molar-refractivity contribution in [2.75, 3.05) is 19.4 Å². The Labute approximate surface area is 118 Å². The summed E-state index contributed by atoms with van der Waals surface area (Å²) in [7, 11) is 3.81. The average Bonchev–Trinajstić information content (AvgIpc) is 2.28.